The van der Waals surface area contributed by atoms with Gasteiger partial charge in [0.25, 0.3) is 0 Å². The average Bonchev–Trinajstić information content (AvgIpc) is 2.50. The molecule has 1 saturated carbocycles. The van der Waals surface area contributed by atoms with Gasteiger partial charge < -0.3 is 14.8 Å². The van der Waals surface area contributed by atoms with E-state index in [1.807, 2.05) is 20.8 Å². The highest BCUT2D eigenvalue weighted by Crippen LogP contribution is 2.27. The number of hydrogen-bond acceptors (Lipinski definition) is 4. The summed E-state index contributed by atoms with van der Waals surface area (Å²) in [4.78, 5) is 23.8. The molecule has 0 bridgehead atoms. The zero-order chi connectivity index (χ0) is 16.4. The van der Waals surface area contributed by atoms with Crippen molar-refractivity contribution in [1.82, 2.24) is 5.32 Å². The first-order chi connectivity index (χ1) is 10.5. The van der Waals surface area contributed by atoms with Crippen LogP contribution in [0, 0.1) is 11.8 Å². The highest BCUT2D eigenvalue weighted by Gasteiger charge is 2.27. The van der Waals surface area contributed by atoms with E-state index in [0.717, 1.165) is 25.7 Å². The number of ketones is 1. The summed E-state index contributed by atoms with van der Waals surface area (Å²) in [6, 6.07) is 0.215. The van der Waals surface area contributed by atoms with Gasteiger partial charge in [-0.3, -0.25) is 9.59 Å². The van der Waals surface area contributed by atoms with Crippen molar-refractivity contribution in [3.05, 3.63) is 0 Å². The van der Waals surface area contributed by atoms with E-state index >= 15 is 0 Å². The van der Waals surface area contributed by atoms with E-state index in [-0.39, 0.29) is 25.2 Å². The summed E-state index contributed by atoms with van der Waals surface area (Å²) in [5.41, 5.74) is 0. The number of ether oxygens (including phenoxy) is 2. The van der Waals surface area contributed by atoms with Gasteiger partial charge in [-0.1, -0.05) is 13.8 Å². The Labute approximate surface area is 135 Å². The maximum Gasteiger partial charge on any atom is 0.222 e. The molecule has 1 N–H and O–H groups in total. The second-order valence-electron chi connectivity index (χ2n) is 6.23. The molecule has 0 atom stereocenters. The van der Waals surface area contributed by atoms with Crippen LogP contribution in [-0.4, -0.2) is 44.2 Å². The second kappa shape index (κ2) is 10.7. The van der Waals surface area contributed by atoms with E-state index in [1.54, 1.807) is 0 Å². The predicted molar refractivity (Wildman–Crippen MR) is 87.8 cm³/mol. The van der Waals surface area contributed by atoms with Gasteiger partial charge in [0.15, 0.2) is 0 Å². The molecule has 0 aliphatic heterocycles. The third-order valence-electron chi connectivity index (χ3n) is 4.11. The molecule has 1 fully saturated rings. The summed E-state index contributed by atoms with van der Waals surface area (Å²) in [5, 5.41) is 3.05. The number of rotatable bonds is 10. The molecule has 22 heavy (non-hydrogen) atoms. The zero-order valence-electron chi connectivity index (χ0n) is 14.2. The maximum atomic E-state index is 12.0. The van der Waals surface area contributed by atoms with E-state index in [0.29, 0.717) is 38.6 Å². The van der Waals surface area contributed by atoms with Gasteiger partial charge in [-0.2, -0.15) is 0 Å². The Hall–Kier alpha value is -0.940. The van der Waals surface area contributed by atoms with Crippen LogP contribution in [0.4, 0.5) is 0 Å². The van der Waals surface area contributed by atoms with E-state index in [9.17, 15) is 9.59 Å². The van der Waals surface area contributed by atoms with Crippen LogP contribution in [-0.2, 0) is 19.1 Å². The fraction of sp³-hybridized carbons (Fsp3) is 0.882. The van der Waals surface area contributed by atoms with Gasteiger partial charge in [0.1, 0.15) is 5.78 Å². The van der Waals surface area contributed by atoms with Crippen LogP contribution < -0.4 is 5.32 Å². The Morgan fingerprint density at radius 1 is 1.09 bits per heavy atom. The molecule has 1 aliphatic carbocycles. The molecule has 0 radical (unpaired) electrons. The molecule has 0 heterocycles. The Kier molecular flexibility index (Phi) is 9.32. The minimum atomic E-state index is 0. The Balaban J connectivity index is 0.00000484. The lowest BCUT2D eigenvalue weighted by Gasteiger charge is -2.29. The normalized spacial score (nSPS) is 21.8. The number of nitrogens with one attached hydrogen (secondary N) is 1. The van der Waals surface area contributed by atoms with Crippen LogP contribution in [0.25, 0.3) is 0 Å². The molecule has 0 aromatic rings. The quantitative estimate of drug-likeness (QED) is 0.629. The molecule has 1 aliphatic rings. The van der Waals surface area contributed by atoms with Crippen LogP contribution in [0.1, 0.15) is 54.3 Å². The summed E-state index contributed by atoms with van der Waals surface area (Å²) in [7, 11) is 0. The standard InChI is InChI=1S/C17H31NO4.H2/c1-4-21-11-12-22-10-9-16(19)18-15-7-5-14(6-8-15)17(20)13(2)3;/h13-15H,4-12H2,1-3H3,(H,18,19);1H. The van der Waals surface area contributed by atoms with Crippen LogP contribution in [0.15, 0.2) is 0 Å². The highest BCUT2D eigenvalue weighted by atomic mass is 16.5. The molecule has 130 valence electrons. The van der Waals surface area contributed by atoms with Gasteiger partial charge in [-0.05, 0) is 32.6 Å². The molecule has 1 amide bonds. The SMILES string of the molecule is CCOCCOCCC(=O)NC1CCC(C(=O)C(C)C)CC1.[HH]. The fourth-order valence-electron chi connectivity index (χ4n) is 2.82. The summed E-state index contributed by atoms with van der Waals surface area (Å²) in [6.07, 6.45) is 3.98. The summed E-state index contributed by atoms with van der Waals surface area (Å²) < 4.78 is 10.5. The van der Waals surface area contributed by atoms with Crippen LogP contribution in [0.5, 0.6) is 0 Å². The molecule has 1 rings (SSSR count). The Morgan fingerprint density at radius 3 is 2.32 bits per heavy atom. The van der Waals surface area contributed by atoms with Crippen molar-refractivity contribution in [1.29, 1.82) is 0 Å². The number of hydrogen-bond donors (Lipinski definition) is 1. The minimum absolute atomic E-state index is 0. The van der Waals surface area contributed by atoms with Gasteiger partial charge in [0.2, 0.25) is 5.91 Å². The number of carbonyl (C=O) groups is 2. The van der Waals surface area contributed by atoms with Crippen LogP contribution >= 0.6 is 0 Å². The van der Waals surface area contributed by atoms with E-state index < -0.39 is 0 Å². The van der Waals surface area contributed by atoms with Gasteiger partial charge >= 0.3 is 0 Å². The molecular weight excluding hydrogens is 282 g/mol. The predicted octanol–water partition coefficient (Wildman–Crippen LogP) is 2.58. The van der Waals surface area contributed by atoms with E-state index in [2.05, 4.69) is 5.32 Å². The first kappa shape index (κ1) is 19.1. The molecule has 5 heteroatoms. The Bertz CT molecular complexity index is 341. The third kappa shape index (κ3) is 7.36. The van der Waals surface area contributed by atoms with Crippen molar-refractivity contribution in [3.63, 3.8) is 0 Å². The third-order valence-corrected chi connectivity index (χ3v) is 4.11. The van der Waals surface area contributed by atoms with Gasteiger partial charge in [-0.25, -0.2) is 0 Å². The number of carbonyl (C=O) groups excluding carboxylic acids is 2. The lowest BCUT2D eigenvalue weighted by molar-refractivity contribution is -0.127. The van der Waals surface area contributed by atoms with Crippen molar-refractivity contribution in [2.45, 2.75) is 58.9 Å². The zero-order valence-corrected chi connectivity index (χ0v) is 14.2. The maximum absolute atomic E-state index is 12.0. The summed E-state index contributed by atoms with van der Waals surface area (Å²) in [6.45, 7) is 8.09. The molecule has 0 aromatic heterocycles. The molecule has 0 spiro atoms. The van der Waals surface area contributed by atoms with Gasteiger partial charge in [-0.15, -0.1) is 0 Å². The average molecular weight is 315 g/mol. The summed E-state index contributed by atoms with van der Waals surface area (Å²) >= 11 is 0. The number of amides is 1. The minimum Gasteiger partial charge on any atom is -0.379 e. The van der Waals surface area contributed by atoms with Crippen molar-refractivity contribution in [2.75, 3.05) is 26.4 Å². The molecule has 0 unspecified atom stereocenters. The second-order valence-corrected chi connectivity index (χ2v) is 6.23. The lowest BCUT2D eigenvalue weighted by Crippen LogP contribution is -2.39. The Morgan fingerprint density at radius 2 is 1.73 bits per heavy atom. The van der Waals surface area contributed by atoms with Crippen LogP contribution in [0.3, 0.4) is 0 Å². The molecular formula is C17H33NO4. The van der Waals surface area contributed by atoms with E-state index in [4.69, 9.17) is 9.47 Å². The topological polar surface area (TPSA) is 64.6 Å². The first-order valence-electron chi connectivity index (χ1n) is 8.53. The van der Waals surface area contributed by atoms with Crippen molar-refractivity contribution >= 4 is 11.7 Å². The fourth-order valence-corrected chi connectivity index (χ4v) is 2.82. The molecule has 0 saturated heterocycles. The lowest BCUT2D eigenvalue weighted by atomic mass is 9.80. The van der Waals surface area contributed by atoms with Crippen molar-refractivity contribution in [3.8, 4) is 0 Å². The van der Waals surface area contributed by atoms with Crippen molar-refractivity contribution in [2.24, 2.45) is 11.8 Å². The smallest absolute Gasteiger partial charge is 0.222 e. The number of Topliss-reactive ketones (excluding diaryl/α,β-unsaturated/α-hetero) is 1. The first-order valence-corrected chi connectivity index (χ1v) is 8.53. The largest absolute Gasteiger partial charge is 0.379 e. The van der Waals surface area contributed by atoms with Crippen molar-refractivity contribution < 1.29 is 20.5 Å². The van der Waals surface area contributed by atoms with Gasteiger partial charge in [0.05, 0.1) is 19.8 Å². The van der Waals surface area contributed by atoms with Gasteiger partial charge in [0, 0.05) is 32.3 Å². The van der Waals surface area contributed by atoms with E-state index in [1.165, 1.54) is 0 Å². The monoisotopic (exact) mass is 315 g/mol. The summed E-state index contributed by atoms with van der Waals surface area (Å²) in [5.74, 6) is 0.711. The molecule has 0 aromatic carbocycles. The molecule has 5 nitrogen and oxygen atoms in total. The highest BCUT2D eigenvalue weighted by molar-refractivity contribution is 5.83. The van der Waals surface area contributed by atoms with Crippen LogP contribution in [0.2, 0.25) is 0 Å².